The molecule has 0 bridgehead atoms. The van der Waals surface area contributed by atoms with Crippen LogP contribution in [0.15, 0.2) is 28.7 Å². The monoisotopic (exact) mass is 366 g/mol. The Balaban J connectivity index is 2.55. The zero-order valence-electron chi connectivity index (χ0n) is 11.1. The zero-order chi connectivity index (χ0) is 14.3. The SMILES string of the molecule is CCCS(=O)(=O)CCC(CCl)Cc1cccc(Br)c1. The second kappa shape index (κ2) is 8.28. The molecule has 1 atom stereocenters. The van der Waals surface area contributed by atoms with Crippen LogP contribution in [0.3, 0.4) is 0 Å². The number of sulfone groups is 1. The molecule has 0 radical (unpaired) electrons. The quantitative estimate of drug-likeness (QED) is 0.649. The van der Waals surface area contributed by atoms with Crippen LogP contribution in [0.5, 0.6) is 0 Å². The number of alkyl halides is 1. The minimum atomic E-state index is -2.91. The van der Waals surface area contributed by atoms with Gasteiger partial charge >= 0.3 is 0 Å². The largest absolute Gasteiger partial charge is 0.229 e. The van der Waals surface area contributed by atoms with Crippen LogP contribution in [0, 0.1) is 5.92 Å². The summed E-state index contributed by atoms with van der Waals surface area (Å²) in [6.07, 6.45) is 2.14. The summed E-state index contributed by atoms with van der Waals surface area (Å²) in [5.41, 5.74) is 1.19. The predicted octanol–water partition coefficient (Wildman–Crippen LogP) is 4.06. The minimum absolute atomic E-state index is 0.211. The first-order valence-electron chi connectivity index (χ1n) is 6.47. The van der Waals surface area contributed by atoms with Gasteiger partial charge in [0.15, 0.2) is 0 Å². The molecule has 1 aromatic carbocycles. The van der Waals surface area contributed by atoms with Gasteiger partial charge in [-0.15, -0.1) is 11.6 Å². The van der Waals surface area contributed by atoms with Gasteiger partial charge < -0.3 is 0 Å². The molecule has 1 rings (SSSR count). The Morgan fingerprint density at radius 3 is 2.63 bits per heavy atom. The maximum Gasteiger partial charge on any atom is 0.150 e. The second-order valence-electron chi connectivity index (χ2n) is 4.79. The molecule has 19 heavy (non-hydrogen) atoms. The van der Waals surface area contributed by atoms with Crippen LogP contribution in [0.2, 0.25) is 0 Å². The lowest BCUT2D eigenvalue weighted by Gasteiger charge is -2.14. The van der Waals surface area contributed by atoms with Crippen LogP contribution in [-0.4, -0.2) is 25.8 Å². The lowest BCUT2D eigenvalue weighted by atomic mass is 9.99. The van der Waals surface area contributed by atoms with E-state index in [1.807, 2.05) is 25.1 Å². The van der Waals surface area contributed by atoms with Crippen LogP contribution in [-0.2, 0) is 16.3 Å². The van der Waals surface area contributed by atoms with Crippen molar-refractivity contribution in [1.29, 1.82) is 0 Å². The van der Waals surface area contributed by atoms with Crippen molar-refractivity contribution < 1.29 is 8.42 Å². The van der Waals surface area contributed by atoms with E-state index in [2.05, 4.69) is 22.0 Å². The summed E-state index contributed by atoms with van der Waals surface area (Å²) < 4.78 is 24.5. The molecule has 5 heteroatoms. The highest BCUT2D eigenvalue weighted by atomic mass is 79.9. The van der Waals surface area contributed by atoms with E-state index >= 15 is 0 Å². The summed E-state index contributed by atoms with van der Waals surface area (Å²) in [4.78, 5) is 0. The third-order valence-electron chi connectivity index (χ3n) is 2.98. The summed E-state index contributed by atoms with van der Waals surface area (Å²) in [5.74, 6) is 1.22. The third-order valence-corrected chi connectivity index (χ3v) is 5.80. The summed E-state index contributed by atoms with van der Waals surface area (Å²) in [6.45, 7) is 1.89. The molecule has 0 fully saturated rings. The fraction of sp³-hybridized carbons (Fsp3) is 0.571. The number of benzene rings is 1. The molecule has 0 saturated heterocycles. The maximum absolute atomic E-state index is 11.7. The van der Waals surface area contributed by atoms with Crippen molar-refractivity contribution in [3.05, 3.63) is 34.3 Å². The molecule has 0 aliphatic rings. The first-order chi connectivity index (χ1) is 8.96. The Kier molecular flexibility index (Phi) is 7.40. The van der Waals surface area contributed by atoms with Crippen molar-refractivity contribution >= 4 is 37.4 Å². The topological polar surface area (TPSA) is 34.1 Å². The minimum Gasteiger partial charge on any atom is -0.229 e. The van der Waals surface area contributed by atoms with Crippen molar-refractivity contribution in [1.82, 2.24) is 0 Å². The fourth-order valence-corrected chi connectivity index (χ4v) is 4.22. The second-order valence-corrected chi connectivity index (χ2v) is 8.32. The van der Waals surface area contributed by atoms with Gasteiger partial charge in [-0.25, -0.2) is 8.42 Å². The Bertz CT molecular complexity index is 488. The summed E-state index contributed by atoms with van der Waals surface area (Å²) in [6, 6.07) is 8.06. The van der Waals surface area contributed by atoms with Crippen molar-refractivity contribution in [3.63, 3.8) is 0 Å². The van der Waals surface area contributed by atoms with Gasteiger partial charge in [-0.1, -0.05) is 35.0 Å². The van der Waals surface area contributed by atoms with Crippen LogP contribution in [0.1, 0.15) is 25.3 Å². The third kappa shape index (κ3) is 6.77. The molecule has 0 aromatic heterocycles. The highest BCUT2D eigenvalue weighted by Crippen LogP contribution is 2.18. The van der Waals surface area contributed by atoms with Gasteiger partial charge in [-0.3, -0.25) is 0 Å². The molecule has 2 nitrogen and oxygen atoms in total. The van der Waals surface area contributed by atoms with Crippen LogP contribution < -0.4 is 0 Å². The highest BCUT2D eigenvalue weighted by molar-refractivity contribution is 9.10. The molecule has 0 aliphatic heterocycles. The standard InChI is InChI=1S/C14H20BrClO2S/c1-2-7-19(17,18)8-6-13(11-16)9-12-4-3-5-14(15)10-12/h3-5,10,13H,2,6-9,11H2,1H3. The summed E-state index contributed by atoms with van der Waals surface area (Å²) in [7, 11) is -2.91. The summed E-state index contributed by atoms with van der Waals surface area (Å²) >= 11 is 9.39. The molecule has 1 aromatic rings. The van der Waals surface area contributed by atoms with E-state index in [1.165, 1.54) is 5.56 Å². The van der Waals surface area contributed by atoms with E-state index in [1.54, 1.807) is 0 Å². The number of halogens is 2. The van der Waals surface area contributed by atoms with E-state index in [-0.39, 0.29) is 17.4 Å². The van der Waals surface area contributed by atoms with E-state index in [9.17, 15) is 8.42 Å². The van der Waals surface area contributed by atoms with Crippen molar-refractivity contribution in [2.75, 3.05) is 17.4 Å². The number of hydrogen-bond donors (Lipinski definition) is 0. The molecule has 0 N–H and O–H groups in total. The lowest BCUT2D eigenvalue weighted by molar-refractivity contribution is 0.547. The first-order valence-corrected chi connectivity index (χ1v) is 9.62. The molecular formula is C14H20BrClO2S. The van der Waals surface area contributed by atoms with Gasteiger partial charge in [-0.2, -0.15) is 0 Å². The van der Waals surface area contributed by atoms with Gasteiger partial charge in [0.05, 0.1) is 5.75 Å². The summed E-state index contributed by atoms with van der Waals surface area (Å²) in [5, 5.41) is 0. The van der Waals surface area contributed by atoms with E-state index in [4.69, 9.17) is 11.6 Å². The predicted molar refractivity (Wildman–Crippen MR) is 85.6 cm³/mol. The van der Waals surface area contributed by atoms with Gasteiger partial charge in [0.1, 0.15) is 9.84 Å². The Morgan fingerprint density at radius 2 is 2.05 bits per heavy atom. The van der Waals surface area contributed by atoms with Crippen LogP contribution >= 0.6 is 27.5 Å². The average molecular weight is 368 g/mol. The van der Waals surface area contributed by atoms with Gasteiger partial charge in [0.25, 0.3) is 0 Å². The molecule has 1 unspecified atom stereocenters. The van der Waals surface area contributed by atoms with E-state index in [0.717, 1.165) is 10.9 Å². The van der Waals surface area contributed by atoms with Gasteiger partial charge in [0, 0.05) is 16.1 Å². The molecule has 0 amide bonds. The normalized spacial score (nSPS) is 13.4. The fourth-order valence-electron chi connectivity index (χ4n) is 1.99. The van der Waals surface area contributed by atoms with E-state index in [0.29, 0.717) is 18.7 Å². The Hall–Kier alpha value is -0.0600. The maximum atomic E-state index is 11.7. The van der Waals surface area contributed by atoms with Crippen molar-refractivity contribution in [2.45, 2.75) is 26.2 Å². The van der Waals surface area contributed by atoms with Crippen LogP contribution in [0.4, 0.5) is 0 Å². The van der Waals surface area contributed by atoms with Crippen molar-refractivity contribution in [2.24, 2.45) is 5.92 Å². The molecule has 0 heterocycles. The molecule has 108 valence electrons. The molecule has 0 saturated carbocycles. The van der Waals surface area contributed by atoms with E-state index < -0.39 is 9.84 Å². The van der Waals surface area contributed by atoms with Gasteiger partial charge in [0.2, 0.25) is 0 Å². The highest BCUT2D eigenvalue weighted by Gasteiger charge is 2.15. The zero-order valence-corrected chi connectivity index (χ0v) is 14.3. The Morgan fingerprint density at radius 1 is 1.32 bits per heavy atom. The Labute approximate surface area is 129 Å². The average Bonchev–Trinajstić information content (AvgIpc) is 2.34. The molecular weight excluding hydrogens is 348 g/mol. The molecule has 0 aliphatic carbocycles. The molecule has 0 spiro atoms. The van der Waals surface area contributed by atoms with Crippen LogP contribution in [0.25, 0.3) is 0 Å². The first kappa shape index (κ1) is 17.0. The lowest BCUT2D eigenvalue weighted by Crippen LogP contribution is -2.16. The smallest absolute Gasteiger partial charge is 0.150 e. The van der Waals surface area contributed by atoms with Gasteiger partial charge in [-0.05, 0) is 42.9 Å². The number of hydrogen-bond acceptors (Lipinski definition) is 2. The van der Waals surface area contributed by atoms with Crippen molar-refractivity contribution in [3.8, 4) is 0 Å². The number of rotatable bonds is 8.